The third kappa shape index (κ3) is 3.69. The number of hydrogen-bond acceptors (Lipinski definition) is 5. The Bertz CT molecular complexity index is 876. The van der Waals surface area contributed by atoms with E-state index in [2.05, 4.69) is 5.10 Å². The number of rotatable bonds is 4. The lowest BCUT2D eigenvalue weighted by Crippen LogP contribution is -2.47. The molecular formula is C17H19N3O5. The summed E-state index contributed by atoms with van der Waals surface area (Å²) in [7, 11) is 1.56. The number of hydrogen-bond donors (Lipinski definition) is 1. The van der Waals surface area contributed by atoms with Gasteiger partial charge in [-0.2, -0.15) is 5.10 Å². The Morgan fingerprint density at radius 2 is 2.04 bits per heavy atom. The van der Waals surface area contributed by atoms with Gasteiger partial charge in [0.05, 0.1) is 36.6 Å². The van der Waals surface area contributed by atoms with E-state index in [-0.39, 0.29) is 30.9 Å². The third-order valence-corrected chi connectivity index (χ3v) is 4.25. The Kier molecular flexibility index (Phi) is 4.80. The van der Waals surface area contributed by atoms with Gasteiger partial charge in [0.25, 0.3) is 5.56 Å². The van der Waals surface area contributed by atoms with Crippen LogP contribution in [0.2, 0.25) is 0 Å². The molecule has 1 saturated heterocycles. The van der Waals surface area contributed by atoms with Crippen LogP contribution in [0, 0.1) is 0 Å². The van der Waals surface area contributed by atoms with E-state index in [1.165, 1.54) is 4.68 Å². The van der Waals surface area contributed by atoms with Crippen LogP contribution in [0.5, 0.6) is 0 Å². The Morgan fingerprint density at radius 3 is 2.76 bits per heavy atom. The summed E-state index contributed by atoms with van der Waals surface area (Å²) in [5.41, 5.74) is 0.323. The van der Waals surface area contributed by atoms with Crippen molar-refractivity contribution in [3.05, 3.63) is 40.3 Å². The second kappa shape index (κ2) is 7.02. The number of amides is 1. The number of carboxylic acid groups (broad SMARTS) is 1. The largest absolute Gasteiger partial charge is 0.481 e. The quantitative estimate of drug-likeness (QED) is 0.848. The number of carbonyl (C=O) groups is 2. The molecule has 3 rings (SSSR count). The number of aromatic nitrogens is 2. The summed E-state index contributed by atoms with van der Waals surface area (Å²) >= 11 is 0. The van der Waals surface area contributed by atoms with Crippen molar-refractivity contribution in [2.24, 2.45) is 7.05 Å². The van der Waals surface area contributed by atoms with E-state index in [1.807, 2.05) is 0 Å². The van der Waals surface area contributed by atoms with E-state index in [9.17, 15) is 14.4 Å². The van der Waals surface area contributed by atoms with Gasteiger partial charge in [0.1, 0.15) is 0 Å². The Hall–Kier alpha value is -2.74. The first kappa shape index (κ1) is 17.1. The molecule has 132 valence electrons. The molecule has 1 atom stereocenters. The van der Waals surface area contributed by atoms with Gasteiger partial charge >= 0.3 is 5.97 Å². The zero-order valence-electron chi connectivity index (χ0n) is 13.8. The summed E-state index contributed by atoms with van der Waals surface area (Å²) in [4.78, 5) is 37.2. The van der Waals surface area contributed by atoms with Gasteiger partial charge in [-0.1, -0.05) is 18.2 Å². The van der Waals surface area contributed by atoms with Crippen LogP contribution in [0.25, 0.3) is 10.8 Å². The SMILES string of the molecule is Cn1nc(CC(=O)N2CCOC(CC(=O)O)C2)c2ccccc2c1=O. The fraction of sp³-hybridized carbons (Fsp3) is 0.412. The number of carboxylic acids is 1. The molecule has 1 fully saturated rings. The lowest BCUT2D eigenvalue weighted by atomic mass is 10.1. The minimum Gasteiger partial charge on any atom is -0.481 e. The topological polar surface area (TPSA) is 102 Å². The molecule has 1 aromatic heterocycles. The average Bonchev–Trinajstić information content (AvgIpc) is 2.59. The first-order chi connectivity index (χ1) is 12.0. The van der Waals surface area contributed by atoms with Crippen LogP contribution in [0.3, 0.4) is 0 Å². The van der Waals surface area contributed by atoms with Gasteiger partial charge in [0.15, 0.2) is 0 Å². The smallest absolute Gasteiger partial charge is 0.306 e. The van der Waals surface area contributed by atoms with Crippen molar-refractivity contribution in [2.75, 3.05) is 19.7 Å². The normalized spacial score (nSPS) is 17.6. The van der Waals surface area contributed by atoms with Crippen LogP contribution in [0.4, 0.5) is 0 Å². The minimum atomic E-state index is -0.954. The molecule has 1 aliphatic rings. The van der Waals surface area contributed by atoms with Crippen LogP contribution in [-0.4, -0.2) is 57.5 Å². The monoisotopic (exact) mass is 345 g/mol. The van der Waals surface area contributed by atoms with Crippen molar-refractivity contribution in [1.29, 1.82) is 0 Å². The predicted molar refractivity (Wildman–Crippen MR) is 89.3 cm³/mol. The molecule has 0 aliphatic carbocycles. The summed E-state index contributed by atoms with van der Waals surface area (Å²) in [5.74, 6) is -1.11. The number of nitrogens with zero attached hydrogens (tertiary/aromatic N) is 3. The fourth-order valence-corrected chi connectivity index (χ4v) is 3.03. The van der Waals surface area contributed by atoms with Crippen LogP contribution in [0.1, 0.15) is 12.1 Å². The first-order valence-electron chi connectivity index (χ1n) is 8.02. The number of morpholine rings is 1. The molecule has 8 heteroatoms. The first-order valence-corrected chi connectivity index (χ1v) is 8.02. The summed E-state index contributed by atoms with van der Waals surface area (Å²) in [6.07, 6.45) is -0.584. The highest BCUT2D eigenvalue weighted by atomic mass is 16.5. The lowest BCUT2D eigenvalue weighted by Gasteiger charge is -2.32. The molecule has 1 N–H and O–H groups in total. The zero-order chi connectivity index (χ0) is 18.0. The summed E-state index contributed by atoms with van der Waals surface area (Å²) in [6, 6.07) is 7.06. The number of aliphatic carboxylic acids is 1. The maximum Gasteiger partial charge on any atom is 0.306 e. The van der Waals surface area contributed by atoms with E-state index in [4.69, 9.17) is 9.84 Å². The highest BCUT2D eigenvalue weighted by Crippen LogP contribution is 2.16. The van der Waals surface area contributed by atoms with E-state index < -0.39 is 12.1 Å². The molecule has 1 unspecified atom stereocenters. The Labute approximate surface area is 143 Å². The molecule has 8 nitrogen and oxygen atoms in total. The van der Waals surface area contributed by atoms with Crippen LogP contribution in [0.15, 0.2) is 29.1 Å². The second-order valence-corrected chi connectivity index (χ2v) is 6.03. The molecule has 0 spiro atoms. The Balaban J connectivity index is 1.81. The van der Waals surface area contributed by atoms with E-state index in [1.54, 1.807) is 36.2 Å². The van der Waals surface area contributed by atoms with Crippen molar-refractivity contribution in [3.63, 3.8) is 0 Å². The van der Waals surface area contributed by atoms with E-state index in [0.717, 1.165) is 0 Å². The summed E-state index contributed by atoms with van der Waals surface area (Å²) in [5, 5.41) is 14.3. The second-order valence-electron chi connectivity index (χ2n) is 6.03. The molecule has 0 saturated carbocycles. The molecule has 0 bridgehead atoms. The molecule has 1 aromatic carbocycles. The van der Waals surface area contributed by atoms with Gasteiger partial charge in [-0.3, -0.25) is 14.4 Å². The fourth-order valence-electron chi connectivity index (χ4n) is 3.03. The maximum atomic E-state index is 12.6. The number of benzene rings is 1. The van der Waals surface area contributed by atoms with Crippen LogP contribution >= 0.6 is 0 Å². The van der Waals surface area contributed by atoms with Crippen molar-refractivity contribution < 1.29 is 19.4 Å². The molecule has 0 radical (unpaired) electrons. The van der Waals surface area contributed by atoms with Crippen molar-refractivity contribution in [1.82, 2.24) is 14.7 Å². The average molecular weight is 345 g/mol. The highest BCUT2D eigenvalue weighted by molar-refractivity contribution is 5.88. The highest BCUT2D eigenvalue weighted by Gasteiger charge is 2.26. The van der Waals surface area contributed by atoms with Gasteiger partial charge in [-0.05, 0) is 6.07 Å². The standard InChI is InChI=1S/C17H19N3O5/c1-19-17(24)13-5-3-2-4-12(13)14(18-19)9-15(21)20-6-7-25-11(10-20)8-16(22)23/h2-5,11H,6-10H2,1H3,(H,22,23). The van der Waals surface area contributed by atoms with Crippen molar-refractivity contribution in [3.8, 4) is 0 Å². The van der Waals surface area contributed by atoms with Gasteiger partial charge in [-0.15, -0.1) is 0 Å². The van der Waals surface area contributed by atoms with Crippen LogP contribution < -0.4 is 5.56 Å². The van der Waals surface area contributed by atoms with E-state index in [0.29, 0.717) is 29.6 Å². The zero-order valence-corrected chi connectivity index (χ0v) is 13.8. The number of aryl methyl sites for hydroxylation is 1. The molecule has 1 amide bonds. The maximum absolute atomic E-state index is 12.6. The predicted octanol–water partition coefficient (Wildman–Crippen LogP) is 0.178. The number of carbonyl (C=O) groups excluding carboxylic acids is 1. The number of ether oxygens (including phenoxy) is 1. The van der Waals surface area contributed by atoms with Crippen LogP contribution in [-0.2, 0) is 27.8 Å². The van der Waals surface area contributed by atoms with Gasteiger partial charge in [0.2, 0.25) is 5.91 Å². The lowest BCUT2D eigenvalue weighted by molar-refractivity contribution is -0.147. The number of fused-ring (bicyclic) bond motifs is 1. The minimum absolute atomic E-state index is 0.0500. The molecular weight excluding hydrogens is 326 g/mol. The summed E-state index contributed by atoms with van der Waals surface area (Å²) < 4.78 is 6.62. The summed E-state index contributed by atoms with van der Waals surface area (Å²) in [6.45, 7) is 0.971. The van der Waals surface area contributed by atoms with Gasteiger partial charge in [0, 0.05) is 25.5 Å². The molecule has 2 aromatic rings. The third-order valence-electron chi connectivity index (χ3n) is 4.25. The van der Waals surface area contributed by atoms with Crippen molar-refractivity contribution >= 4 is 22.6 Å². The Morgan fingerprint density at radius 1 is 1.32 bits per heavy atom. The molecule has 2 heterocycles. The van der Waals surface area contributed by atoms with Gasteiger partial charge < -0.3 is 14.7 Å². The van der Waals surface area contributed by atoms with Gasteiger partial charge in [-0.25, -0.2) is 4.68 Å². The van der Waals surface area contributed by atoms with Crippen molar-refractivity contribution in [2.45, 2.75) is 18.9 Å². The molecule has 1 aliphatic heterocycles. The van der Waals surface area contributed by atoms with E-state index >= 15 is 0 Å². The molecule has 25 heavy (non-hydrogen) atoms.